The highest BCUT2D eigenvalue weighted by Gasteiger charge is 2.13. The summed E-state index contributed by atoms with van der Waals surface area (Å²) in [6.07, 6.45) is 1.98. The molecule has 1 heterocycles. The number of anilines is 1. The molecule has 26 heavy (non-hydrogen) atoms. The van der Waals surface area contributed by atoms with Crippen molar-refractivity contribution in [3.8, 4) is 22.8 Å². The average Bonchev–Trinajstić information content (AvgIpc) is 3.15. The lowest BCUT2D eigenvalue weighted by molar-refractivity contribution is 0.102. The van der Waals surface area contributed by atoms with Crippen LogP contribution >= 0.6 is 23.1 Å². The van der Waals surface area contributed by atoms with E-state index in [1.54, 1.807) is 38.1 Å². The van der Waals surface area contributed by atoms with Gasteiger partial charge in [0.15, 0.2) is 5.13 Å². The average molecular weight is 386 g/mol. The highest BCUT2D eigenvalue weighted by molar-refractivity contribution is 7.98. The number of amides is 1. The van der Waals surface area contributed by atoms with Crippen molar-refractivity contribution in [1.82, 2.24) is 4.98 Å². The fourth-order valence-corrected chi connectivity index (χ4v) is 3.56. The minimum absolute atomic E-state index is 0.177. The monoisotopic (exact) mass is 386 g/mol. The molecule has 0 aliphatic carbocycles. The third-order valence-corrected chi connectivity index (χ3v) is 5.22. The van der Waals surface area contributed by atoms with E-state index in [1.807, 2.05) is 42.0 Å². The number of nitrogens with zero attached hydrogens (tertiary/aromatic N) is 1. The smallest absolute Gasteiger partial charge is 0.257 e. The Balaban J connectivity index is 1.81. The quantitative estimate of drug-likeness (QED) is 0.617. The van der Waals surface area contributed by atoms with Crippen LogP contribution in [0.2, 0.25) is 0 Å². The first-order valence-corrected chi connectivity index (χ1v) is 9.88. The van der Waals surface area contributed by atoms with Crippen LogP contribution in [0.15, 0.2) is 52.7 Å². The molecule has 0 spiro atoms. The Labute approximate surface area is 160 Å². The van der Waals surface area contributed by atoms with Gasteiger partial charge in [-0.3, -0.25) is 10.1 Å². The number of hydrogen-bond acceptors (Lipinski definition) is 6. The molecule has 7 heteroatoms. The minimum Gasteiger partial charge on any atom is -0.497 e. The number of nitrogens with one attached hydrogen (secondary N) is 1. The molecule has 0 bridgehead atoms. The lowest BCUT2D eigenvalue weighted by Crippen LogP contribution is -2.11. The summed E-state index contributed by atoms with van der Waals surface area (Å²) in [6.45, 7) is 0. The molecule has 0 radical (unpaired) electrons. The van der Waals surface area contributed by atoms with Crippen LogP contribution < -0.4 is 14.8 Å². The fraction of sp³-hybridized carbons (Fsp3) is 0.158. The Bertz CT molecular complexity index is 925. The normalized spacial score (nSPS) is 10.4. The summed E-state index contributed by atoms with van der Waals surface area (Å²) in [7, 11) is 3.21. The van der Waals surface area contributed by atoms with Gasteiger partial charge >= 0.3 is 0 Å². The second kappa shape index (κ2) is 8.25. The Hall–Kier alpha value is -2.51. The summed E-state index contributed by atoms with van der Waals surface area (Å²) < 4.78 is 10.6. The summed E-state index contributed by atoms with van der Waals surface area (Å²) in [6, 6.07) is 13.0. The van der Waals surface area contributed by atoms with Crippen molar-refractivity contribution in [2.75, 3.05) is 25.8 Å². The van der Waals surface area contributed by atoms with Crippen molar-refractivity contribution in [2.45, 2.75) is 4.90 Å². The molecule has 3 rings (SSSR count). The van der Waals surface area contributed by atoms with E-state index in [0.29, 0.717) is 22.2 Å². The predicted octanol–water partition coefficient (Wildman–Crippen LogP) is 4.80. The predicted molar refractivity (Wildman–Crippen MR) is 107 cm³/mol. The van der Waals surface area contributed by atoms with Crippen LogP contribution in [0.4, 0.5) is 5.13 Å². The minimum atomic E-state index is -0.177. The van der Waals surface area contributed by atoms with Gasteiger partial charge in [0, 0.05) is 27.5 Å². The molecule has 0 saturated carbocycles. The van der Waals surface area contributed by atoms with Crippen molar-refractivity contribution in [1.29, 1.82) is 0 Å². The van der Waals surface area contributed by atoms with Crippen LogP contribution in [0.25, 0.3) is 11.3 Å². The van der Waals surface area contributed by atoms with Crippen molar-refractivity contribution in [3.05, 3.63) is 53.4 Å². The van der Waals surface area contributed by atoms with E-state index < -0.39 is 0 Å². The summed E-state index contributed by atoms with van der Waals surface area (Å²) in [4.78, 5) is 18.0. The zero-order chi connectivity index (χ0) is 18.5. The molecule has 2 aromatic carbocycles. The highest BCUT2D eigenvalue weighted by atomic mass is 32.2. The molecule has 1 N–H and O–H groups in total. The summed E-state index contributed by atoms with van der Waals surface area (Å²) in [5.41, 5.74) is 2.19. The second-order valence-electron chi connectivity index (χ2n) is 5.29. The standard InChI is InChI=1S/C19H18N2O3S2/c1-23-13-7-8-15(17(10-13)24-2)16-11-26-19(20-16)21-18(22)12-5-4-6-14(9-12)25-3/h4-11H,1-3H3,(H,20,21,22). The third kappa shape index (κ3) is 4.00. The maximum Gasteiger partial charge on any atom is 0.257 e. The number of hydrogen-bond donors (Lipinski definition) is 1. The maximum absolute atomic E-state index is 12.4. The zero-order valence-electron chi connectivity index (χ0n) is 14.6. The summed E-state index contributed by atoms with van der Waals surface area (Å²) in [5.74, 6) is 1.20. The number of thiazole rings is 1. The van der Waals surface area contributed by atoms with Crippen LogP contribution in [0.3, 0.4) is 0 Å². The van der Waals surface area contributed by atoms with Crippen molar-refractivity contribution >= 4 is 34.1 Å². The van der Waals surface area contributed by atoms with Gasteiger partial charge in [-0.25, -0.2) is 4.98 Å². The number of benzene rings is 2. The van der Waals surface area contributed by atoms with Crippen LogP contribution in [-0.2, 0) is 0 Å². The number of ether oxygens (including phenoxy) is 2. The largest absolute Gasteiger partial charge is 0.497 e. The molecule has 0 atom stereocenters. The Morgan fingerprint density at radius 1 is 1.15 bits per heavy atom. The van der Waals surface area contributed by atoms with Crippen LogP contribution in [0, 0.1) is 0 Å². The second-order valence-corrected chi connectivity index (χ2v) is 7.03. The number of carbonyl (C=O) groups is 1. The van der Waals surface area contributed by atoms with Gasteiger partial charge in [0.05, 0.1) is 19.9 Å². The summed E-state index contributed by atoms with van der Waals surface area (Å²) >= 11 is 2.97. The Morgan fingerprint density at radius 2 is 2.00 bits per heavy atom. The molecule has 0 aliphatic rings. The molecule has 3 aromatic rings. The van der Waals surface area contributed by atoms with Gasteiger partial charge in [0.1, 0.15) is 11.5 Å². The van der Waals surface area contributed by atoms with Crippen molar-refractivity contribution in [2.24, 2.45) is 0 Å². The first-order valence-electron chi connectivity index (χ1n) is 7.78. The van der Waals surface area contributed by atoms with Crippen molar-refractivity contribution < 1.29 is 14.3 Å². The topological polar surface area (TPSA) is 60.5 Å². The lowest BCUT2D eigenvalue weighted by atomic mass is 10.1. The van der Waals surface area contributed by atoms with Crippen LogP contribution in [0.5, 0.6) is 11.5 Å². The van der Waals surface area contributed by atoms with E-state index in [4.69, 9.17) is 9.47 Å². The molecule has 134 valence electrons. The zero-order valence-corrected chi connectivity index (χ0v) is 16.2. The van der Waals surface area contributed by atoms with E-state index in [1.165, 1.54) is 11.3 Å². The van der Waals surface area contributed by atoms with E-state index in [2.05, 4.69) is 10.3 Å². The van der Waals surface area contributed by atoms with Crippen molar-refractivity contribution in [3.63, 3.8) is 0 Å². The molecular weight excluding hydrogens is 368 g/mol. The molecule has 0 aliphatic heterocycles. The first kappa shape index (κ1) is 18.3. The number of methoxy groups -OCH3 is 2. The van der Waals surface area contributed by atoms with Crippen LogP contribution in [0.1, 0.15) is 10.4 Å². The van der Waals surface area contributed by atoms with Gasteiger partial charge in [0.2, 0.25) is 0 Å². The van der Waals surface area contributed by atoms with Gasteiger partial charge in [-0.2, -0.15) is 0 Å². The van der Waals surface area contributed by atoms with E-state index in [9.17, 15) is 4.79 Å². The van der Waals surface area contributed by atoms with E-state index >= 15 is 0 Å². The van der Waals surface area contributed by atoms with E-state index in [0.717, 1.165) is 16.2 Å². The SMILES string of the molecule is COc1ccc(-c2csc(NC(=O)c3cccc(SC)c3)n2)c(OC)c1. The van der Waals surface area contributed by atoms with Crippen LogP contribution in [-0.4, -0.2) is 31.4 Å². The molecule has 1 amide bonds. The molecule has 0 unspecified atom stereocenters. The van der Waals surface area contributed by atoms with Gasteiger partial charge in [0.25, 0.3) is 5.91 Å². The summed E-state index contributed by atoms with van der Waals surface area (Å²) in [5, 5.41) is 5.28. The first-order chi connectivity index (χ1) is 12.6. The number of aromatic nitrogens is 1. The fourth-order valence-electron chi connectivity index (χ4n) is 2.40. The molecule has 5 nitrogen and oxygen atoms in total. The molecule has 0 saturated heterocycles. The lowest BCUT2D eigenvalue weighted by Gasteiger charge is -2.08. The number of carbonyl (C=O) groups excluding carboxylic acids is 1. The number of thioether (sulfide) groups is 1. The van der Waals surface area contributed by atoms with Gasteiger partial charge in [-0.05, 0) is 36.6 Å². The molecule has 1 aromatic heterocycles. The molecule has 0 fully saturated rings. The van der Waals surface area contributed by atoms with Gasteiger partial charge in [-0.15, -0.1) is 23.1 Å². The highest BCUT2D eigenvalue weighted by Crippen LogP contribution is 2.34. The van der Waals surface area contributed by atoms with Gasteiger partial charge in [-0.1, -0.05) is 6.07 Å². The Kier molecular flexibility index (Phi) is 5.80. The van der Waals surface area contributed by atoms with Gasteiger partial charge < -0.3 is 9.47 Å². The number of rotatable bonds is 6. The molecular formula is C19H18N2O3S2. The maximum atomic E-state index is 12.4. The third-order valence-electron chi connectivity index (χ3n) is 3.74. The Morgan fingerprint density at radius 3 is 2.73 bits per heavy atom. The van der Waals surface area contributed by atoms with E-state index in [-0.39, 0.29) is 5.91 Å².